The molecule has 0 atom stereocenters. The lowest BCUT2D eigenvalue weighted by molar-refractivity contribution is -0.127. The average Bonchev–Trinajstić information content (AvgIpc) is 2.70. The van der Waals surface area contributed by atoms with Gasteiger partial charge in [0.25, 0.3) is 0 Å². The molecular weight excluding hydrogens is 321 g/mol. The summed E-state index contributed by atoms with van der Waals surface area (Å²) in [5, 5.41) is 9.79. The molecule has 1 amide bonds. The van der Waals surface area contributed by atoms with Gasteiger partial charge in [0, 0.05) is 12.7 Å². The summed E-state index contributed by atoms with van der Waals surface area (Å²) in [6, 6.07) is 5.94. The molecule has 1 aromatic carbocycles. The van der Waals surface area contributed by atoms with Crippen LogP contribution in [0.25, 0.3) is 0 Å². The number of carbonyl (C=O) groups is 1. The smallest absolute Gasteiger partial charge is 0.376 e. The lowest BCUT2D eigenvalue weighted by atomic mass is 10.1. The summed E-state index contributed by atoms with van der Waals surface area (Å²) in [6.07, 6.45) is -5.26. The number of alkyl halides is 3. The Morgan fingerprint density at radius 3 is 2.58 bits per heavy atom. The highest BCUT2D eigenvalue weighted by Gasteiger charge is 2.27. The van der Waals surface area contributed by atoms with Crippen molar-refractivity contribution in [1.29, 1.82) is 0 Å². The predicted octanol–water partition coefficient (Wildman–Crippen LogP) is 3.19. The van der Waals surface area contributed by atoms with E-state index in [0.717, 1.165) is 5.69 Å². The van der Waals surface area contributed by atoms with E-state index in [1.165, 1.54) is 18.2 Å². The number of hydrogen-bond donors (Lipinski definition) is 2. The topological polar surface area (TPSA) is 59.0 Å². The van der Waals surface area contributed by atoms with Crippen LogP contribution in [0, 0.1) is 13.8 Å². The van der Waals surface area contributed by atoms with Crippen LogP contribution in [0.5, 0.6) is 0 Å². The van der Waals surface area contributed by atoms with Crippen LogP contribution >= 0.6 is 0 Å². The second-order valence-corrected chi connectivity index (χ2v) is 5.56. The Balaban J connectivity index is 1.95. The van der Waals surface area contributed by atoms with E-state index in [2.05, 4.69) is 15.7 Å². The van der Waals surface area contributed by atoms with Gasteiger partial charge in [-0.15, -0.1) is 0 Å². The van der Waals surface area contributed by atoms with Gasteiger partial charge < -0.3 is 10.6 Å². The van der Waals surface area contributed by atoms with Gasteiger partial charge in [0.05, 0.1) is 30.0 Å². The second kappa shape index (κ2) is 6.94. The van der Waals surface area contributed by atoms with Gasteiger partial charge in [0.1, 0.15) is 0 Å². The third-order valence-corrected chi connectivity index (χ3v) is 3.56. The fourth-order valence-electron chi connectivity index (χ4n) is 2.34. The molecule has 24 heavy (non-hydrogen) atoms. The van der Waals surface area contributed by atoms with E-state index in [1.54, 1.807) is 24.7 Å². The minimum Gasteiger partial charge on any atom is -0.376 e. The lowest BCUT2D eigenvalue weighted by Gasteiger charge is -2.10. The number of benzene rings is 1. The van der Waals surface area contributed by atoms with E-state index in [9.17, 15) is 18.0 Å². The summed E-state index contributed by atoms with van der Waals surface area (Å²) in [7, 11) is 1.78. The molecule has 2 N–H and O–H groups in total. The standard InChI is InChI=1S/C16H19F3N4O/c1-10-15(11(2)23(3)22-10)21-14(24)9-20-13-6-4-5-12(7-13)8-16(17,18)19/h4-7,20H,8-9H2,1-3H3,(H,21,24). The van der Waals surface area contributed by atoms with Crippen molar-refractivity contribution >= 4 is 17.3 Å². The number of hydrogen-bond acceptors (Lipinski definition) is 3. The van der Waals surface area contributed by atoms with Crippen molar-refractivity contribution in [3.8, 4) is 0 Å². The number of nitrogens with one attached hydrogen (secondary N) is 2. The first-order valence-electron chi connectivity index (χ1n) is 7.35. The normalized spacial score (nSPS) is 11.4. The summed E-state index contributed by atoms with van der Waals surface area (Å²) >= 11 is 0. The number of amides is 1. The summed E-state index contributed by atoms with van der Waals surface area (Å²) in [4.78, 5) is 12.0. The van der Waals surface area contributed by atoms with Gasteiger partial charge in [-0.2, -0.15) is 18.3 Å². The van der Waals surface area contributed by atoms with Gasteiger partial charge in [0.15, 0.2) is 0 Å². The first-order chi connectivity index (χ1) is 11.2. The summed E-state index contributed by atoms with van der Waals surface area (Å²) in [5.41, 5.74) is 2.79. The number of anilines is 2. The van der Waals surface area contributed by atoms with Crippen molar-refractivity contribution in [3.05, 3.63) is 41.2 Å². The first-order valence-corrected chi connectivity index (χ1v) is 7.35. The summed E-state index contributed by atoms with van der Waals surface area (Å²) in [6.45, 7) is 3.57. The molecule has 2 aromatic rings. The Kier molecular flexibility index (Phi) is 5.16. The maximum atomic E-state index is 12.4. The van der Waals surface area contributed by atoms with E-state index in [0.29, 0.717) is 17.1 Å². The third kappa shape index (κ3) is 4.74. The van der Waals surface area contributed by atoms with Crippen LogP contribution in [0.3, 0.4) is 0 Å². The first kappa shape index (κ1) is 17.8. The van der Waals surface area contributed by atoms with Crippen molar-refractivity contribution < 1.29 is 18.0 Å². The summed E-state index contributed by atoms with van der Waals surface area (Å²) < 4.78 is 38.9. The average molecular weight is 340 g/mol. The summed E-state index contributed by atoms with van der Waals surface area (Å²) in [5.74, 6) is -0.296. The molecule has 2 rings (SSSR count). The fraction of sp³-hybridized carbons (Fsp3) is 0.375. The quantitative estimate of drug-likeness (QED) is 0.879. The molecule has 1 aromatic heterocycles. The van der Waals surface area contributed by atoms with Gasteiger partial charge in [-0.25, -0.2) is 0 Å². The zero-order valence-electron chi connectivity index (χ0n) is 13.7. The molecule has 0 fully saturated rings. The van der Waals surface area contributed by atoms with Crippen molar-refractivity contribution in [1.82, 2.24) is 9.78 Å². The number of aromatic nitrogens is 2. The lowest BCUT2D eigenvalue weighted by Crippen LogP contribution is -2.22. The van der Waals surface area contributed by atoms with Crippen LogP contribution in [0.15, 0.2) is 24.3 Å². The minimum absolute atomic E-state index is 0.0523. The molecule has 0 aliphatic carbocycles. The fourth-order valence-corrected chi connectivity index (χ4v) is 2.34. The van der Waals surface area contributed by atoms with E-state index >= 15 is 0 Å². The van der Waals surface area contributed by atoms with Gasteiger partial charge in [-0.3, -0.25) is 9.48 Å². The van der Waals surface area contributed by atoms with E-state index < -0.39 is 12.6 Å². The number of rotatable bonds is 5. The maximum Gasteiger partial charge on any atom is 0.393 e. The zero-order chi connectivity index (χ0) is 17.9. The van der Waals surface area contributed by atoms with E-state index in [-0.39, 0.29) is 18.0 Å². The minimum atomic E-state index is -4.26. The largest absolute Gasteiger partial charge is 0.393 e. The molecule has 0 aliphatic heterocycles. The van der Waals surface area contributed by atoms with Crippen LogP contribution in [0.4, 0.5) is 24.5 Å². The van der Waals surface area contributed by atoms with Crippen LogP contribution < -0.4 is 10.6 Å². The van der Waals surface area contributed by atoms with E-state index in [1.807, 2.05) is 6.92 Å². The maximum absolute atomic E-state index is 12.4. The third-order valence-electron chi connectivity index (χ3n) is 3.56. The highest BCUT2D eigenvalue weighted by Crippen LogP contribution is 2.23. The monoisotopic (exact) mass is 340 g/mol. The van der Waals surface area contributed by atoms with Gasteiger partial charge in [-0.05, 0) is 31.5 Å². The Bertz CT molecular complexity index is 737. The molecule has 0 saturated carbocycles. The van der Waals surface area contributed by atoms with Crippen LogP contribution in [0.2, 0.25) is 0 Å². The SMILES string of the molecule is Cc1nn(C)c(C)c1NC(=O)CNc1cccc(CC(F)(F)F)c1. The number of carbonyl (C=O) groups excluding carboxylic acids is 1. The molecule has 0 saturated heterocycles. The second-order valence-electron chi connectivity index (χ2n) is 5.56. The molecule has 0 radical (unpaired) electrons. The molecule has 8 heteroatoms. The molecule has 0 bridgehead atoms. The molecule has 0 spiro atoms. The number of halogens is 3. The molecular formula is C16H19F3N4O. The van der Waals surface area contributed by atoms with Crippen LogP contribution in [-0.2, 0) is 18.3 Å². The van der Waals surface area contributed by atoms with Crippen molar-refractivity contribution in [2.45, 2.75) is 26.4 Å². The Hall–Kier alpha value is -2.51. The zero-order valence-corrected chi connectivity index (χ0v) is 13.7. The van der Waals surface area contributed by atoms with Crippen LogP contribution in [0.1, 0.15) is 17.0 Å². The van der Waals surface area contributed by atoms with Gasteiger partial charge >= 0.3 is 6.18 Å². The predicted molar refractivity (Wildman–Crippen MR) is 86.0 cm³/mol. The number of nitrogens with zero attached hydrogens (tertiary/aromatic N) is 2. The molecule has 0 aliphatic rings. The van der Waals surface area contributed by atoms with Crippen molar-refractivity contribution in [3.63, 3.8) is 0 Å². The van der Waals surface area contributed by atoms with Gasteiger partial charge in [-0.1, -0.05) is 12.1 Å². The molecule has 1 heterocycles. The van der Waals surface area contributed by atoms with Crippen molar-refractivity contribution in [2.24, 2.45) is 7.05 Å². The Labute approximate surface area is 137 Å². The van der Waals surface area contributed by atoms with E-state index in [4.69, 9.17) is 0 Å². The Morgan fingerprint density at radius 1 is 1.29 bits per heavy atom. The highest BCUT2D eigenvalue weighted by atomic mass is 19.4. The Morgan fingerprint density at radius 2 is 2.00 bits per heavy atom. The van der Waals surface area contributed by atoms with Crippen molar-refractivity contribution in [2.75, 3.05) is 17.2 Å². The van der Waals surface area contributed by atoms with Gasteiger partial charge in [0.2, 0.25) is 5.91 Å². The molecule has 0 unspecified atom stereocenters. The highest BCUT2D eigenvalue weighted by molar-refractivity contribution is 5.94. The van der Waals surface area contributed by atoms with Crippen LogP contribution in [-0.4, -0.2) is 28.4 Å². The molecule has 130 valence electrons. The number of aryl methyl sites for hydroxylation is 2. The molecule has 5 nitrogen and oxygen atoms in total.